The van der Waals surface area contributed by atoms with Crippen molar-refractivity contribution >= 4 is 44.5 Å². The molecule has 2 heterocycles. The van der Waals surface area contributed by atoms with Crippen molar-refractivity contribution in [2.24, 2.45) is 5.41 Å². The van der Waals surface area contributed by atoms with E-state index >= 15 is 0 Å². The lowest BCUT2D eigenvalue weighted by Gasteiger charge is -2.28. The summed E-state index contributed by atoms with van der Waals surface area (Å²) < 4.78 is 14.0. The van der Waals surface area contributed by atoms with Crippen molar-refractivity contribution < 1.29 is 14.3 Å². The maximum absolute atomic E-state index is 12.1. The molecule has 5 nitrogen and oxygen atoms in total. The number of benzene rings is 2. The van der Waals surface area contributed by atoms with E-state index in [0.29, 0.717) is 30.2 Å². The van der Waals surface area contributed by atoms with Gasteiger partial charge in [0.25, 0.3) is 0 Å². The summed E-state index contributed by atoms with van der Waals surface area (Å²) in [5, 5.41) is 0.697. The van der Waals surface area contributed by atoms with Crippen LogP contribution in [0.2, 0.25) is 5.02 Å². The number of halogens is 2. The molecule has 1 aromatic heterocycles. The van der Waals surface area contributed by atoms with Crippen LogP contribution in [0.4, 0.5) is 0 Å². The third-order valence-corrected chi connectivity index (χ3v) is 7.03. The summed E-state index contributed by atoms with van der Waals surface area (Å²) in [6.07, 6.45) is 0.585. The lowest BCUT2D eigenvalue weighted by atomic mass is 9.87. The van der Waals surface area contributed by atoms with Crippen molar-refractivity contribution in [2.45, 2.75) is 33.2 Å². The van der Waals surface area contributed by atoms with Gasteiger partial charge in [0, 0.05) is 21.3 Å². The Hall–Kier alpha value is -1.89. The fourth-order valence-corrected chi connectivity index (χ4v) is 4.77. The van der Waals surface area contributed by atoms with E-state index in [4.69, 9.17) is 26.1 Å². The zero-order valence-corrected chi connectivity index (χ0v) is 19.8. The quantitative estimate of drug-likeness (QED) is 0.437. The van der Waals surface area contributed by atoms with Crippen LogP contribution < -0.4 is 0 Å². The highest BCUT2D eigenvalue weighted by atomic mass is 79.9. The summed E-state index contributed by atoms with van der Waals surface area (Å²) in [5.74, 6) is 0.541. The molecule has 0 spiro atoms. The van der Waals surface area contributed by atoms with Gasteiger partial charge in [-0.15, -0.1) is 0 Å². The molecule has 0 unspecified atom stereocenters. The number of nitrogens with zero attached hydrogens (tertiary/aromatic N) is 2. The maximum atomic E-state index is 12.1. The number of hydrogen-bond donors (Lipinski definition) is 0. The number of hydrogen-bond acceptors (Lipinski definition) is 4. The Labute approximate surface area is 189 Å². The summed E-state index contributed by atoms with van der Waals surface area (Å²) in [6.45, 7) is 7.71. The van der Waals surface area contributed by atoms with Crippen molar-refractivity contribution in [3.8, 4) is 0 Å². The lowest BCUT2D eigenvalue weighted by Crippen LogP contribution is -2.27. The van der Waals surface area contributed by atoms with Gasteiger partial charge < -0.3 is 14.0 Å². The first-order chi connectivity index (χ1) is 14.2. The van der Waals surface area contributed by atoms with Gasteiger partial charge in [0.15, 0.2) is 0 Å². The van der Waals surface area contributed by atoms with Crippen molar-refractivity contribution in [1.29, 1.82) is 0 Å². The topological polar surface area (TPSA) is 53.3 Å². The van der Waals surface area contributed by atoms with E-state index < -0.39 is 0 Å². The number of aryl methyl sites for hydroxylation is 1. The van der Waals surface area contributed by atoms with Crippen LogP contribution in [0.1, 0.15) is 47.2 Å². The third kappa shape index (κ3) is 3.77. The van der Waals surface area contributed by atoms with Crippen LogP contribution in [0.3, 0.4) is 0 Å². The van der Waals surface area contributed by atoms with Crippen LogP contribution in [-0.4, -0.2) is 35.8 Å². The van der Waals surface area contributed by atoms with Crippen LogP contribution in [-0.2, 0) is 15.9 Å². The van der Waals surface area contributed by atoms with Gasteiger partial charge in [-0.3, -0.25) is 0 Å². The molecule has 2 aromatic carbocycles. The maximum Gasteiger partial charge on any atom is 0.337 e. The molecule has 3 aromatic rings. The zero-order valence-electron chi connectivity index (χ0n) is 17.5. The summed E-state index contributed by atoms with van der Waals surface area (Å²) in [7, 11) is 1.39. The van der Waals surface area contributed by atoms with Gasteiger partial charge in [0.05, 0.1) is 43.0 Å². The predicted octanol–water partition coefficient (Wildman–Crippen LogP) is 5.74. The molecule has 4 rings (SSSR count). The molecule has 1 aliphatic rings. The van der Waals surface area contributed by atoms with E-state index in [1.165, 1.54) is 7.11 Å². The number of carbonyl (C=O) groups excluding carboxylic acids is 1. The molecule has 0 radical (unpaired) electrons. The highest BCUT2D eigenvalue weighted by Gasteiger charge is 2.39. The molecular weight excluding hydrogens is 468 g/mol. The molecular formula is C23H24BrClN2O3. The first-order valence-corrected chi connectivity index (χ1v) is 11.0. The standard InChI is InChI=1S/C23H24BrClN2O3/c1-13-7-15(17(25)10-16(13)24)9-21-26-18-6-5-14(22(28)29-4)8-19(18)27(21)20-11-30-12-23(20,2)3/h5-8,10,20H,9,11-12H2,1-4H3/t20-/m1/s1. The average molecular weight is 492 g/mol. The minimum atomic E-state index is -0.361. The Morgan fingerprint density at radius 2 is 2.13 bits per heavy atom. The minimum absolute atomic E-state index is 0.0664. The monoisotopic (exact) mass is 490 g/mol. The number of carbonyl (C=O) groups is 1. The number of rotatable bonds is 4. The fraction of sp³-hybridized carbons (Fsp3) is 0.391. The van der Waals surface area contributed by atoms with Gasteiger partial charge in [-0.05, 0) is 42.3 Å². The summed E-state index contributed by atoms with van der Waals surface area (Å²) >= 11 is 10.1. The van der Waals surface area contributed by atoms with E-state index in [-0.39, 0.29) is 17.4 Å². The highest BCUT2D eigenvalue weighted by molar-refractivity contribution is 9.10. The van der Waals surface area contributed by atoms with Gasteiger partial charge in [-0.1, -0.05) is 47.4 Å². The molecule has 30 heavy (non-hydrogen) atoms. The van der Waals surface area contributed by atoms with Crippen LogP contribution in [0.5, 0.6) is 0 Å². The molecule has 0 bridgehead atoms. The van der Waals surface area contributed by atoms with Crippen molar-refractivity contribution in [3.63, 3.8) is 0 Å². The second kappa shape index (κ2) is 7.98. The second-order valence-electron chi connectivity index (χ2n) is 8.48. The van der Waals surface area contributed by atoms with Crippen LogP contribution >= 0.6 is 27.5 Å². The van der Waals surface area contributed by atoms with Crippen molar-refractivity contribution in [1.82, 2.24) is 9.55 Å². The fourth-order valence-electron chi connectivity index (χ4n) is 4.06. The first kappa shape index (κ1) is 21.3. The second-order valence-corrected chi connectivity index (χ2v) is 9.74. The lowest BCUT2D eigenvalue weighted by molar-refractivity contribution is 0.0601. The van der Waals surface area contributed by atoms with Crippen molar-refractivity contribution in [3.05, 3.63) is 62.3 Å². The smallest absolute Gasteiger partial charge is 0.337 e. The Bertz CT molecular complexity index is 1140. The molecule has 1 saturated heterocycles. The van der Waals surface area contributed by atoms with Crippen molar-refractivity contribution in [2.75, 3.05) is 20.3 Å². The SMILES string of the molecule is COC(=O)c1ccc2nc(Cc3cc(C)c(Br)cc3Cl)n([C@@H]3COCC3(C)C)c2c1. The highest BCUT2D eigenvalue weighted by Crippen LogP contribution is 2.40. The number of methoxy groups -OCH3 is 1. The zero-order chi connectivity index (χ0) is 21.6. The number of esters is 1. The van der Waals surface area contributed by atoms with Gasteiger partial charge in [0.2, 0.25) is 0 Å². The molecule has 0 saturated carbocycles. The average Bonchev–Trinajstić information content (AvgIpc) is 3.22. The summed E-state index contributed by atoms with van der Waals surface area (Å²) in [5.41, 5.74) is 4.32. The molecule has 0 N–H and O–H groups in total. The molecule has 1 aliphatic heterocycles. The Kier molecular flexibility index (Phi) is 5.68. The third-order valence-electron chi connectivity index (χ3n) is 5.82. The van der Waals surface area contributed by atoms with Gasteiger partial charge in [0.1, 0.15) is 5.82 Å². The minimum Gasteiger partial charge on any atom is -0.465 e. The molecule has 0 aliphatic carbocycles. The Morgan fingerprint density at radius 3 is 2.80 bits per heavy atom. The Balaban J connectivity index is 1.89. The van der Waals surface area contributed by atoms with Crippen LogP contribution in [0.25, 0.3) is 11.0 Å². The number of fused-ring (bicyclic) bond motifs is 1. The van der Waals surface area contributed by atoms with E-state index in [2.05, 4.69) is 40.4 Å². The van der Waals surface area contributed by atoms with E-state index in [0.717, 1.165) is 32.5 Å². The van der Waals surface area contributed by atoms with Gasteiger partial charge in [-0.25, -0.2) is 9.78 Å². The number of ether oxygens (including phenoxy) is 2. The Morgan fingerprint density at radius 1 is 1.37 bits per heavy atom. The van der Waals surface area contributed by atoms with E-state index in [1.54, 1.807) is 6.07 Å². The molecule has 1 atom stereocenters. The van der Waals surface area contributed by atoms with E-state index in [9.17, 15) is 4.79 Å². The van der Waals surface area contributed by atoms with Crippen LogP contribution in [0.15, 0.2) is 34.8 Å². The summed E-state index contributed by atoms with van der Waals surface area (Å²) in [4.78, 5) is 17.1. The van der Waals surface area contributed by atoms with E-state index in [1.807, 2.05) is 25.1 Å². The van der Waals surface area contributed by atoms with Gasteiger partial charge in [-0.2, -0.15) is 0 Å². The molecule has 158 valence electrons. The summed E-state index contributed by atoms with van der Waals surface area (Å²) in [6, 6.07) is 9.60. The van der Waals surface area contributed by atoms with Gasteiger partial charge >= 0.3 is 5.97 Å². The largest absolute Gasteiger partial charge is 0.465 e. The normalized spacial score (nSPS) is 18.1. The first-order valence-electron chi connectivity index (χ1n) is 9.82. The number of imidazole rings is 1. The molecule has 1 fully saturated rings. The number of aromatic nitrogens is 2. The molecule has 7 heteroatoms. The predicted molar refractivity (Wildman–Crippen MR) is 121 cm³/mol. The van der Waals surface area contributed by atoms with Crippen LogP contribution in [0, 0.1) is 12.3 Å². The molecule has 0 amide bonds.